The molecule has 0 aliphatic heterocycles. The number of ether oxygens (including phenoxy) is 3. The van der Waals surface area contributed by atoms with Crippen LogP contribution in [-0.4, -0.2) is 36.3 Å². The molecule has 0 saturated heterocycles. The topological polar surface area (TPSA) is 91.7 Å². The fourth-order valence-electron chi connectivity index (χ4n) is 4.25. The molecule has 186 valence electrons. The van der Waals surface area contributed by atoms with Crippen LogP contribution in [0.5, 0.6) is 17.2 Å². The lowest BCUT2D eigenvalue weighted by molar-refractivity contribution is 0.102. The van der Waals surface area contributed by atoms with Gasteiger partial charge in [0.05, 0.1) is 49.2 Å². The number of anilines is 1. The van der Waals surface area contributed by atoms with E-state index in [1.165, 1.54) is 25.0 Å². The van der Waals surface area contributed by atoms with E-state index in [9.17, 15) is 9.59 Å². The van der Waals surface area contributed by atoms with E-state index in [2.05, 4.69) is 10.3 Å². The van der Waals surface area contributed by atoms with Crippen LogP contribution < -0.4 is 25.1 Å². The van der Waals surface area contributed by atoms with Gasteiger partial charge in [-0.2, -0.15) is 0 Å². The lowest BCUT2D eigenvalue weighted by Gasteiger charge is -2.15. The Morgan fingerprint density at radius 2 is 1.65 bits per heavy atom. The number of pyridine rings is 2. The number of carbonyl (C=O) groups excluding carboxylic acids is 1. The molecule has 0 spiro atoms. The first-order chi connectivity index (χ1) is 18.0. The summed E-state index contributed by atoms with van der Waals surface area (Å²) < 4.78 is 17.8. The molecule has 37 heavy (non-hydrogen) atoms. The van der Waals surface area contributed by atoms with E-state index in [0.29, 0.717) is 46.0 Å². The molecule has 0 atom stereocenters. The molecule has 0 radical (unpaired) electrons. The monoisotopic (exact) mass is 495 g/mol. The molecule has 0 fully saturated rings. The van der Waals surface area contributed by atoms with Gasteiger partial charge in [0.2, 0.25) is 0 Å². The van der Waals surface area contributed by atoms with E-state index in [0.717, 1.165) is 10.9 Å². The van der Waals surface area contributed by atoms with Crippen molar-refractivity contribution in [1.29, 1.82) is 0 Å². The number of hydrogen-bond donors (Lipinski definition) is 1. The van der Waals surface area contributed by atoms with Crippen LogP contribution in [0.1, 0.15) is 17.3 Å². The van der Waals surface area contributed by atoms with Crippen LogP contribution in [0.25, 0.3) is 27.4 Å². The van der Waals surface area contributed by atoms with Gasteiger partial charge in [0.1, 0.15) is 5.75 Å². The second kappa shape index (κ2) is 10.0. The molecule has 1 N–H and O–H groups in total. The van der Waals surface area contributed by atoms with Gasteiger partial charge >= 0.3 is 0 Å². The summed E-state index contributed by atoms with van der Waals surface area (Å²) in [7, 11) is 3.00. The van der Waals surface area contributed by atoms with E-state index in [-0.39, 0.29) is 11.1 Å². The zero-order valence-electron chi connectivity index (χ0n) is 20.6. The second-order valence-corrected chi connectivity index (χ2v) is 8.27. The third kappa shape index (κ3) is 4.56. The summed E-state index contributed by atoms with van der Waals surface area (Å²) in [6, 6.07) is 19.9. The van der Waals surface area contributed by atoms with Crippen molar-refractivity contribution in [2.75, 3.05) is 26.1 Å². The highest BCUT2D eigenvalue weighted by atomic mass is 16.5. The fourth-order valence-corrected chi connectivity index (χ4v) is 4.25. The highest BCUT2D eigenvalue weighted by Gasteiger charge is 2.19. The van der Waals surface area contributed by atoms with Crippen LogP contribution in [0.3, 0.4) is 0 Å². The minimum atomic E-state index is -0.394. The first-order valence-corrected chi connectivity index (χ1v) is 11.7. The summed E-state index contributed by atoms with van der Waals surface area (Å²) in [6.45, 7) is 2.43. The maximum Gasteiger partial charge on any atom is 0.263 e. The zero-order valence-corrected chi connectivity index (χ0v) is 20.6. The van der Waals surface area contributed by atoms with Gasteiger partial charge in [-0.05, 0) is 55.5 Å². The molecule has 2 aromatic heterocycles. The fraction of sp³-hybridized carbons (Fsp3) is 0.138. The van der Waals surface area contributed by atoms with Crippen LogP contribution >= 0.6 is 0 Å². The van der Waals surface area contributed by atoms with Crippen molar-refractivity contribution in [1.82, 2.24) is 9.55 Å². The quantitative estimate of drug-likeness (QED) is 0.333. The number of benzene rings is 3. The first kappa shape index (κ1) is 23.9. The maximum absolute atomic E-state index is 13.6. The number of amides is 1. The van der Waals surface area contributed by atoms with Crippen LogP contribution in [0, 0.1) is 0 Å². The molecule has 0 aliphatic rings. The summed E-state index contributed by atoms with van der Waals surface area (Å²) in [5.74, 6) is 1.10. The molecule has 8 heteroatoms. The van der Waals surface area contributed by atoms with E-state index in [1.807, 2.05) is 37.3 Å². The predicted molar refractivity (Wildman–Crippen MR) is 144 cm³/mol. The highest BCUT2D eigenvalue weighted by Crippen LogP contribution is 2.33. The van der Waals surface area contributed by atoms with Crippen LogP contribution in [0.15, 0.2) is 83.9 Å². The van der Waals surface area contributed by atoms with Gasteiger partial charge in [0, 0.05) is 22.7 Å². The number of fused-ring (bicyclic) bond motifs is 2. The summed E-state index contributed by atoms with van der Waals surface area (Å²) >= 11 is 0. The van der Waals surface area contributed by atoms with E-state index >= 15 is 0 Å². The number of nitrogens with one attached hydrogen (secondary N) is 1. The minimum absolute atomic E-state index is 0.289. The SMILES string of the molecule is CCOc1ccc(-n2cc(C(=O)Nc3cnc4ccccc4c3)c3cc(OC)c(OC)cc3c2=O)cc1. The predicted octanol–water partition coefficient (Wildman–Crippen LogP) is 5.21. The Morgan fingerprint density at radius 3 is 2.35 bits per heavy atom. The number of carbonyl (C=O) groups is 1. The summed E-state index contributed by atoms with van der Waals surface area (Å²) in [6.07, 6.45) is 3.14. The average molecular weight is 496 g/mol. The number of aromatic nitrogens is 2. The van der Waals surface area contributed by atoms with Crippen molar-refractivity contribution < 1.29 is 19.0 Å². The number of rotatable bonds is 7. The molecule has 1 amide bonds. The van der Waals surface area contributed by atoms with Gasteiger partial charge < -0.3 is 19.5 Å². The van der Waals surface area contributed by atoms with Gasteiger partial charge in [-0.3, -0.25) is 19.1 Å². The molecule has 0 saturated carbocycles. The van der Waals surface area contributed by atoms with Crippen molar-refractivity contribution in [3.8, 4) is 22.9 Å². The largest absolute Gasteiger partial charge is 0.494 e. The van der Waals surface area contributed by atoms with Gasteiger partial charge in [-0.1, -0.05) is 18.2 Å². The highest BCUT2D eigenvalue weighted by molar-refractivity contribution is 6.13. The Bertz CT molecular complexity index is 1680. The van der Waals surface area contributed by atoms with Crippen molar-refractivity contribution >= 4 is 33.3 Å². The first-order valence-electron chi connectivity index (χ1n) is 11.7. The number of nitrogens with zero attached hydrogens (tertiary/aromatic N) is 2. The molecule has 8 nitrogen and oxygen atoms in total. The third-order valence-corrected chi connectivity index (χ3v) is 6.04. The third-order valence-electron chi connectivity index (χ3n) is 6.04. The van der Waals surface area contributed by atoms with Crippen LogP contribution in [0.4, 0.5) is 5.69 Å². The summed E-state index contributed by atoms with van der Waals surface area (Å²) in [5.41, 5.74) is 1.94. The van der Waals surface area contributed by atoms with Gasteiger partial charge in [0.25, 0.3) is 11.5 Å². The van der Waals surface area contributed by atoms with Crippen LogP contribution in [0.2, 0.25) is 0 Å². The van der Waals surface area contributed by atoms with Gasteiger partial charge in [0.15, 0.2) is 11.5 Å². The Labute approximate surface area is 213 Å². The van der Waals surface area contributed by atoms with E-state index in [4.69, 9.17) is 14.2 Å². The van der Waals surface area contributed by atoms with Crippen molar-refractivity contribution in [2.24, 2.45) is 0 Å². The number of hydrogen-bond acceptors (Lipinski definition) is 6. The molecule has 5 aromatic rings. The lowest BCUT2D eigenvalue weighted by Crippen LogP contribution is -2.23. The Morgan fingerprint density at radius 1 is 0.946 bits per heavy atom. The smallest absolute Gasteiger partial charge is 0.263 e. The molecule has 3 aromatic carbocycles. The summed E-state index contributed by atoms with van der Waals surface area (Å²) in [5, 5.41) is 4.58. The lowest BCUT2D eigenvalue weighted by atomic mass is 10.0. The number of methoxy groups -OCH3 is 2. The standard InChI is InChI=1S/C29H25N3O5/c1-4-37-21-11-9-20(10-12-21)32-17-24(22-14-26(35-2)27(36-3)15-23(22)29(32)34)28(33)31-19-13-18-7-5-6-8-25(18)30-16-19/h5-17H,4H2,1-3H3,(H,31,33). The second-order valence-electron chi connectivity index (χ2n) is 8.27. The zero-order chi connectivity index (χ0) is 25.9. The Balaban J connectivity index is 1.66. The van der Waals surface area contributed by atoms with Crippen molar-refractivity contribution in [3.63, 3.8) is 0 Å². The molecule has 0 unspecified atom stereocenters. The molecular weight excluding hydrogens is 470 g/mol. The van der Waals surface area contributed by atoms with Gasteiger partial charge in [-0.25, -0.2) is 0 Å². The van der Waals surface area contributed by atoms with E-state index < -0.39 is 5.91 Å². The van der Waals surface area contributed by atoms with Crippen molar-refractivity contribution in [2.45, 2.75) is 6.92 Å². The summed E-state index contributed by atoms with van der Waals surface area (Å²) in [4.78, 5) is 31.6. The molecular formula is C29H25N3O5. The normalized spacial score (nSPS) is 10.9. The maximum atomic E-state index is 13.6. The van der Waals surface area contributed by atoms with E-state index in [1.54, 1.807) is 42.6 Å². The van der Waals surface area contributed by atoms with Crippen molar-refractivity contribution in [3.05, 3.63) is 95.0 Å². The molecule has 2 heterocycles. The van der Waals surface area contributed by atoms with Gasteiger partial charge in [-0.15, -0.1) is 0 Å². The molecule has 5 rings (SSSR count). The Hall–Kier alpha value is -4.85. The molecule has 0 bridgehead atoms. The Kier molecular flexibility index (Phi) is 6.47. The van der Waals surface area contributed by atoms with Crippen LogP contribution in [-0.2, 0) is 0 Å². The molecule has 0 aliphatic carbocycles. The number of para-hydroxylation sites is 1. The average Bonchev–Trinajstić information content (AvgIpc) is 2.93. The minimum Gasteiger partial charge on any atom is -0.494 e.